The van der Waals surface area contributed by atoms with Gasteiger partial charge in [0.05, 0.1) is 30.5 Å². The Morgan fingerprint density at radius 3 is 2.13 bits per heavy atom. The minimum Gasteiger partial charge on any atom is -0.390 e. The number of aliphatic hydroxyl groups excluding tert-OH is 1. The van der Waals surface area contributed by atoms with Crippen molar-refractivity contribution in [3.8, 4) is 0 Å². The molecule has 0 bridgehead atoms. The molecule has 2 heterocycles. The smallest absolute Gasteiger partial charge is 0.159 e. The molecule has 10 atom stereocenters. The average Bonchev–Trinajstić information content (AvgIpc) is 2.67. The summed E-state index contributed by atoms with van der Waals surface area (Å²) in [7, 11) is 4.26. The van der Waals surface area contributed by atoms with Crippen LogP contribution in [0.2, 0.25) is 0 Å². The van der Waals surface area contributed by atoms with Crippen LogP contribution < -0.4 is 0 Å². The van der Waals surface area contributed by atoms with E-state index in [9.17, 15) is 5.11 Å². The van der Waals surface area contributed by atoms with Crippen LogP contribution in [0.15, 0.2) is 0 Å². The van der Waals surface area contributed by atoms with E-state index in [-0.39, 0.29) is 48.8 Å². The lowest BCUT2D eigenvalue weighted by atomic mass is 9.88. The fourth-order valence-electron chi connectivity index (χ4n) is 5.01. The zero-order valence-corrected chi connectivity index (χ0v) is 20.7. The van der Waals surface area contributed by atoms with E-state index in [1.54, 1.807) is 0 Å². The van der Waals surface area contributed by atoms with Crippen molar-refractivity contribution in [2.75, 3.05) is 14.1 Å². The molecule has 178 valence electrons. The van der Waals surface area contributed by atoms with Gasteiger partial charge >= 0.3 is 0 Å². The Balaban J connectivity index is 2.02. The SMILES string of the molecule is CCC(OC1C[C@H](C)[C@@H](O)C(C)O1)C(C)[C@@H](OC1CC(N(C)C)CC(C)O1)C(C)C. The normalized spacial score (nSPS) is 38.6. The predicted octanol–water partition coefficient (Wildman–Crippen LogP) is 4.05. The van der Waals surface area contributed by atoms with Crippen LogP contribution in [-0.2, 0) is 18.9 Å². The summed E-state index contributed by atoms with van der Waals surface area (Å²) in [5, 5.41) is 10.2. The summed E-state index contributed by atoms with van der Waals surface area (Å²) in [4.78, 5) is 2.28. The van der Waals surface area contributed by atoms with E-state index < -0.39 is 6.10 Å². The Hall–Kier alpha value is -0.240. The number of hydrogen-bond acceptors (Lipinski definition) is 6. The van der Waals surface area contributed by atoms with E-state index in [1.807, 2.05) is 6.92 Å². The van der Waals surface area contributed by atoms with Crippen LogP contribution in [0.25, 0.3) is 0 Å². The molecule has 6 heteroatoms. The molecule has 2 aliphatic rings. The molecule has 0 aromatic heterocycles. The molecule has 2 rings (SSSR count). The second kappa shape index (κ2) is 11.6. The summed E-state index contributed by atoms with van der Waals surface area (Å²) in [5.74, 6) is 0.724. The van der Waals surface area contributed by atoms with Crippen LogP contribution in [0.5, 0.6) is 0 Å². The third-order valence-corrected chi connectivity index (χ3v) is 6.98. The van der Waals surface area contributed by atoms with Crippen molar-refractivity contribution in [3.05, 3.63) is 0 Å². The minimum atomic E-state index is -0.427. The molecule has 0 saturated carbocycles. The van der Waals surface area contributed by atoms with Crippen LogP contribution in [0, 0.1) is 17.8 Å². The molecule has 0 aromatic rings. The van der Waals surface area contributed by atoms with Crippen molar-refractivity contribution in [2.24, 2.45) is 17.8 Å². The van der Waals surface area contributed by atoms with E-state index in [4.69, 9.17) is 18.9 Å². The Morgan fingerprint density at radius 1 is 0.967 bits per heavy atom. The molecule has 2 aliphatic heterocycles. The highest BCUT2D eigenvalue weighted by atomic mass is 16.7. The predicted molar refractivity (Wildman–Crippen MR) is 119 cm³/mol. The Morgan fingerprint density at radius 2 is 1.60 bits per heavy atom. The second-order valence-electron chi connectivity index (χ2n) is 10.2. The molecule has 7 unspecified atom stereocenters. The van der Waals surface area contributed by atoms with Crippen LogP contribution >= 0.6 is 0 Å². The molecule has 1 N–H and O–H groups in total. The van der Waals surface area contributed by atoms with Gasteiger partial charge in [0.15, 0.2) is 12.6 Å². The van der Waals surface area contributed by atoms with Crippen LogP contribution in [0.4, 0.5) is 0 Å². The summed E-state index contributed by atoms with van der Waals surface area (Å²) in [6.07, 6.45) is 2.71. The molecule has 6 nitrogen and oxygen atoms in total. The topological polar surface area (TPSA) is 60.4 Å². The monoisotopic (exact) mass is 429 g/mol. The quantitative estimate of drug-likeness (QED) is 0.597. The van der Waals surface area contributed by atoms with Gasteiger partial charge in [-0.25, -0.2) is 0 Å². The summed E-state index contributed by atoms with van der Waals surface area (Å²) in [6, 6.07) is 0.477. The molecule has 0 aliphatic carbocycles. The maximum absolute atomic E-state index is 10.2. The lowest BCUT2D eigenvalue weighted by Gasteiger charge is -2.42. The van der Waals surface area contributed by atoms with Gasteiger partial charge in [0.25, 0.3) is 0 Å². The van der Waals surface area contributed by atoms with Gasteiger partial charge in [-0.2, -0.15) is 0 Å². The van der Waals surface area contributed by atoms with Gasteiger partial charge in [0.1, 0.15) is 0 Å². The van der Waals surface area contributed by atoms with Gasteiger partial charge in [-0.15, -0.1) is 0 Å². The largest absolute Gasteiger partial charge is 0.390 e. The van der Waals surface area contributed by atoms with E-state index in [0.29, 0.717) is 12.0 Å². The first-order chi connectivity index (χ1) is 14.0. The summed E-state index contributed by atoms with van der Waals surface area (Å²) >= 11 is 0. The third kappa shape index (κ3) is 6.88. The van der Waals surface area contributed by atoms with E-state index in [2.05, 4.69) is 60.5 Å². The second-order valence-corrected chi connectivity index (χ2v) is 10.2. The number of nitrogens with zero attached hydrogens (tertiary/aromatic N) is 1. The lowest BCUT2D eigenvalue weighted by molar-refractivity contribution is -0.271. The maximum Gasteiger partial charge on any atom is 0.159 e. The first-order valence-electron chi connectivity index (χ1n) is 12.0. The van der Waals surface area contributed by atoms with Gasteiger partial charge in [0.2, 0.25) is 0 Å². The fourth-order valence-corrected chi connectivity index (χ4v) is 5.01. The van der Waals surface area contributed by atoms with Gasteiger partial charge in [-0.05, 0) is 52.6 Å². The minimum absolute atomic E-state index is 0.0303. The number of ether oxygens (including phenoxy) is 4. The average molecular weight is 430 g/mol. The van der Waals surface area contributed by atoms with E-state index in [0.717, 1.165) is 25.7 Å². The summed E-state index contributed by atoms with van der Waals surface area (Å²) < 4.78 is 25.1. The van der Waals surface area contributed by atoms with Crippen molar-refractivity contribution in [2.45, 2.75) is 123 Å². The molecular weight excluding hydrogens is 382 g/mol. The zero-order chi connectivity index (χ0) is 22.6. The van der Waals surface area contributed by atoms with Gasteiger partial charge in [-0.1, -0.05) is 34.6 Å². The van der Waals surface area contributed by atoms with Crippen molar-refractivity contribution in [1.82, 2.24) is 4.90 Å². The third-order valence-electron chi connectivity index (χ3n) is 6.98. The molecule has 2 fully saturated rings. The highest BCUT2D eigenvalue weighted by Crippen LogP contribution is 2.32. The maximum atomic E-state index is 10.2. The van der Waals surface area contributed by atoms with E-state index in [1.165, 1.54) is 0 Å². The van der Waals surface area contributed by atoms with Gasteiger partial charge < -0.3 is 29.0 Å². The standard InChI is InChI=1S/C24H47NO5/c1-10-20(29-21-11-15(4)23(26)18(7)28-21)17(6)24(14(2)3)30-22-13-19(25(8)9)12-16(5)27-22/h14-24,26H,10-13H2,1-9H3/t15-,16?,17?,18?,19?,20?,21?,22?,23+,24-/m0/s1. The number of aliphatic hydroxyl groups is 1. The number of hydrogen-bond donors (Lipinski definition) is 1. The molecule has 30 heavy (non-hydrogen) atoms. The first kappa shape index (κ1) is 26.0. The Bertz CT molecular complexity index is 490. The fraction of sp³-hybridized carbons (Fsp3) is 1.00. The van der Waals surface area contributed by atoms with Crippen molar-refractivity contribution in [1.29, 1.82) is 0 Å². The summed E-state index contributed by atoms with van der Waals surface area (Å²) in [5.41, 5.74) is 0. The Labute approximate surface area is 184 Å². The molecule has 0 amide bonds. The Kier molecular flexibility index (Phi) is 10.0. The van der Waals surface area contributed by atoms with Crippen LogP contribution in [0.1, 0.15) is 74.1 Å². The van der Waals surface area contributed by atoms with Crippen molar-refractivity contribution < 1.29 is 24.1 Å². The van der Waals surface area contributed by atoms with Crippen molar-refractivity contribution >= 4 is 0 Å². The van der Waals surface area contributed by atoms with Gasteiger partial charge in [0, 0.05) is 24.8 Å². The van der Waals surface area contributed by atoms with Gasteiger partial charge in [-0.3, -0.25) is 0 Å². The highest BCUT2D eigenvalue weighted by Gasteiger charge is 2.38. The van der Waals surface area contributed by atoms with Crippen molar-refractivity contribution in [3.63, 3.8) is 0 Å². The zero-order valence-electron chi connectivity index (χ0n) is 20.7. The number of rotatable bonds is 9. The molecule has 0 aromatic carbocycles. The first-order valence-corrected chi connectivity index (χ1v) is 12.0. The molecule has 0 radical (unpaired) electrons. The highest BCUT2D eigenvalue weighted by molar-refractivity contribution is 4.83. The summed E-state index contributed by atoms with van der Waals surface area (Å²) in [6.45, 7) is 14.9. The molecule has 0 spiro atoms. The van der Waals surface area contributed by atoms with Crippen LogP contribution in [0.3, 0.4) is 0 Å². The van der Waals surface area contributed by atoms with E-state index >= 15 is 0 Å². The molecular formula is C24H47NO5. The van der Waals surface area contributed by atoms with Crippen LogP contribution in [-0.4, -0.2) is 73.2 Å². The lowest BCUT2D eigenvalue weighted by Crippen LogP contribution is -2.48. The molecule has 2 saturated heterocycles.